The second kappa shape index (κ2) is 6.68. The maximum Gasteiger partial charge on any atom is 0.101 e. The summed E-state index contributed by atoms with van der Waals surface area (Å²) in [6, 6.07) is 10.2. The van der Waals surface area contributed by atoms with Gasteiger partial charge in [-0.05, 0) is 18.9 Å². The van der Waals surface area contributed by atoms with E-state index in [0.717, 1.165) is 17.5 Å². The summed E-state index contributed by atoms with van der Waals surface area (Å²) in [5.74, 6) is 0. The molecular weight excluding hydrogens is 250 g/mol. The fourth-order valence-corrected chi connectivity index (χ4v) is 2.25. The summed E-state index contributed by atoms with van der Waals surface area (Å²) in [4.78, 5) is 0. The van der Waals surface area contributed by atoms with Gasteiger partial charge in [0.05, 0.1) is 12.3 Å². The summed E-state index contributed by atoms with van der Waals surface area (Å²) < 4.78 is 7.99. The number of nitrogens with two attached hydrogens (primary N) is 1. The van der Waals surface area contributed by atoms with Crippen LogP contribution in [0.4, 0.5) is 0 Å². The highest BCUT2D eigenvalue weighted by Crippen LogP contribution is 2.29. The Bertz CT molecular complexity index is 524. The molecule has 20 heavy (non-hydrogen) atoms. The molecule has 0 amide bonds. The highest BCUT2D eigenvalue weighted by molar-refractivity contribution is 5.18. The third-order valence-electron chi connectivity index (χ3n) is 3.53. The van der Waals surface area contributed by atoms with Crippen LogP contribution in [0.25, 0.3) is 0 Å². The van der Waals surface area contributed by atoms with Gasteiger partial charge in [0, 0.05) is 24.8 Å². The molecule has 2 aromatic rings. The van der Waals surface area contributed by atoms with Crippen LogP contribution in [-0.2, 0) is 11.8 Å². The van der Waals surface area contributed by atoms with Crippen LogP contribution in [0.5, 0.6) is 0 Å². The Labute approximate surface area is 120 Å². The minimum atomic E-state index is -0.135. The third kappa shape index (κ3) is 3.46. The van der Waals surface area contributed by atoms with Crippen LogP contribution in [0.15, 0.2) is 42.7 Å². The molecule has 2 rings (SSSR count). The van der Waals surface area contributed by atoms with Crippen molar-refractivity contribution in [3.8, 4) is 0 Å². The van der Waals surface area contributed by atoms with Crippen LogP contribution in [-0.4, -0.2) is 15.8 Å². The molecule has 0 bridgehead atoms. The normalized spacial score (nSPS) is 15.8. The molecule has 0 aliphatic heterocycles. The maximum atomic E-state index is 6.22. The number of rotatable bonds is 6. The molecule has 0 aliphatic rings. The summed E-state index contributed by atoms with van der Waals surface area (Å²) in [7, 11) is 1.90. The predicted octanol–water partition coefficient (Wildman–Crippen LogP) is 2.98. The minimum Gasteiger partial charge on any atom is -0.364 e. The number of aromatic nitrogens is 2. The number of benzene rings is 1. The van der Waals surface area contributed by atoms with Crippen LogP contribution >= 0.6 is 0 Å². The molecular formula is C16H23N3O. The fraction of sp³-hybridized carbons (Fsp3) is 0.438. The second-order valence-corrected chi connectivity index (χ2v) is 5.13. The van der Waals surface area contributed by atoms with Crippen molar-refractivity contribution in [2.45, 2.75) is 38.5 Å². The molecule has 1 heterocycles. The summed E-state index contributed by atoms with van der Waals surface area (Å²) >= 11 is 0. The molecule has 0 radical (unpaired) electrons. The van der Waals surface area contributed by atoms with Crippen molar-refractivity contribution < 1.29 is 4.74 Å². The largest absolute Gasteiger partial charge is 0.364 e. The molecule has 0 fully saturated rings. The molecule has 0 saturated carbocycles. The fourth-order valence-electron chi connectivity index (χ4n) is 2.25. The van der Waals surface area contributed by atoms with Gasteiger partial charge in [-0.15, -0.1) is 0 Å². The lowest BCUT2D eigenvalue weighted by Gasteiger charge is -2.26. The van der Waals surface area contributed by atoms with Gasteiger partial charge in [-0.2, -0.15) is 5.10 Å². The molecule has 1 aromatic heterocycles. The Morgan fingerprint density at radius 2 is 1.95 bits per heavy atom. The lowest BCUT2D eigenvalue weighted by atomic mass is 10.0. The molecule has 3 atom stereocenters. The topological polar surface area (TPSA) is 53.1 Å². The van der Waals surface area contributed by atoms with Gasteiger partial charge < -0.3 is 10.5 Å². The minimum absolute atomic E-state index is 0.000920. The third-order valence-corrected chi connectivity index (χ3v) is 3.53. The van der Waals surface area contributed by atoms with Crippen molar-refractivity contribution in [2.24, 2.45) is 12.8 Å². The van der Waals surface area contributed by atoms with Crippen molar-refractivity contribution >= 4 is 0 Å². The van der Waals surface area contributed by atoms with Crippen molar-refractivity contribution in [3.63, 3.8) is 0 Å². The number of nitrogens with zero attached hydrogens (tertiary/aromatic N) is 2. The highest BCUT2D eigenvalue weighted by atomic mass is 16.5. The van der Waals surface area contributed by atoms with E-state index in [1.54, 1.807) is 4.68 Å². The van der Waals surface area contributed by atoms with E-state index >= 15 is 0 Å². The van der Waals surface area contributed by atoms with Crippen LogP contribution in [0.3, 0.4) is 0 Å². The second-order valence-electron chi connectivity index (χ2n) is 5.13. The monoisotopic (exact) mass is 273 g/mol. The van der Waals surface area contributed by atoms with E-state index in [2.05, 4.69) is 31.1 Å². The van der Waals surface area contributed by atoms with Gasteiger partial charge in [0.1, 0.15) is 6.10 Å². The predicted molar refractivity (Wildman–Crippen MR) is 80.2 cm³/mol. The zero-order chi connectivity index (χ0) is 14.5. The average Bonchev–Trinajstić information content (AvgIpc) is 2.91. The van der Waals surface area contributed by atoms with Crippen molar-refractivity contribution in [1.82, 2.24) is 9.78 Å². The molecule has 0 saturated heterocycles. The molecule has 4 heteroatoms. The Morgan fingerprint density at radius 3 is 2.50 bits per heavy atom. The van der Waals surface area contributed by atoms with Crippen LogP contribution in [0, 0.1) is 0 Å². The first-order valence-electron chi connectivity index (χ1n) is 7.06. The zero-order valence-electron chi connectivity index (χ0n) is 12.4. The van der Waals surface area contributed by atoms with E-state index in [4.69, 9.17) is 10.5 Å². The first-order valence-corrected chi connectivity index (χ1v) is 7.06. The molecule has 4 nitrogen and oxygen atoms in total. The van der Waals surface area contributed by atoms with E-state index < -0.39 is 0 Å². The Kier molecular flexibility index (Phi) is 4.93. The van der Waals surface area contributed by atoms with E-state index in [1.165, 1.54) is 0 Å². The SMILES string of the molecule is CCC(N)C(OC(C)c1ccccc1)c1cnn(C)c1. The number of ether oxygens (including phenoxy) is 1. The van der Waals surface area contributed by atoms with E-state index in [9.17, 15) is 0 Å². The Balaban J connectivity index is 2.16. The maximum absolute atomic E-state index is 6.22. The van der Waals surface area contributed by atoms with Gasteiger partial charge in [0.15, 0.2) is 0 Å². The molecule has 0 spiro atoms. The number of aryl methyl sites for hydroxylation is 1. The van der Waals surface area contributed by atoms with Gasteiger partial charge in [-0.25, -0.2) is 0 Å². The van der Waals surface area contributed by atoms with Crippen molar-refractivity contribution in [3.05, 3.63) is 53.9 Å². The summed E-state index contributed by atoms with van der Waals surface area (Å²) in [5, 5.41) is 4.22. The summed E-state index contributed by atoms with van der Waals surface area (Å²) in [6.07, 6.45) is 4.53. The van der Waals surface area contributed by atoms with Gasteiger partial charge in [0.2, 0.25) is 0 Å². The van der Waals surface area contributed by atoms with Gasteiger partial charge in [-0.3, -0.25) is 4.68 Å². The van der Waals surface area contributed by atoms with E-state index in [-0.39, 0.29) is 18.2 Å². The molecule has 108 valence electrons. The molecule has 3 unspecified atom stereocenters. The molecule has 0 aliphatic carbocycles. The van der Waals surface area contributed by atoms with Crippen molar-refractivity contribution in [1.29, 1.82) is 0 Å². The summed E-state index contributed by atoms with van der Waals surface area (Å²) in [6.45, 7) is 4.13. The lowest BCUT2D eigenvalue weighted by Crippen LogP contribution is -2.30. The summed E-state index contributed by atoms with van der Waals surface area (Å²) in [5.41, 5.74) is 8.41. The highest BCUT2D eigenvalue weighted by Gasteiger charge is 2.23. The quantitative estimate of drug-likeness (QED) is 0.880. The standard InChI is InChI=1S/C16H23N3O/c1-4-15(17)16(14-10-18-19(3)11-14)20-12(2)13-8-6-5-7-9-13/h5-12,15-16H,4,17H2,1-3H3. The van der Waals surface area contributed by atoms with Crippen molar-refractivity contribution in [2.75, 3.05) is 0 Å². The average molecular weight is 273 g/mol. The smallest absolute Gasteiger partial charge is 0.101 e. The van der Waals surface area contributed by atoms with Crippen LogP contribution in [0.1, 0.15) is 43.6 Å². The number of hydrogen-bond acceptors (Lipinski definition) is 3. The number of hydrogen-bond donors (Lipinski definition) is 1. The Hall–Kier alpha value is -1.65. The molecule has 1 aromatic carbocycles. The van der Waals surface area contributed by atoms with Crippen LogP contribution in [0.2, 0.25) is 0 Å². The van der Waals surface area contributed by atoms with E-state index in [1.807, 2.05) is 37.6 Å². The first kappa shape index (κ1) is 14.8. The lowest BCUT2D eigenvalue weighted by molar-refractivity contribution is -0.0199. The van der Waals surface area contributed by atoms with Crippen LogP contribution < -0.4 is 5.73 Å². The Morgan fingerprint density at radius 1 is 1.25 bits per heavy atom. The molecule has 2 N–H and O–H groups in total. The zero-order valence-corrected chi connectivity index (χ0v) is 12.4. The van der Waals surface area contributed by atoms with Gasteiger partial charge >= 0.3 is 0 Å². The first-order chi connectivity index (χ1) is 9.61. The van der Waals surface area contributed by atoms with Gasteiger partial charge in [-0.1, -0.05) is 37.3 Å². The van der Waals surface area contributed by atoms with Gasteiger partial charge in [0.25, 0.3) is 0 Å². The van der Waals surface area contributed by atoms with E-state index in [0.29, 0.717) is 0 Å².